The van der Waals surface area contributed by atoms with Crippen LogP contribution in [-0.4, -0.2) is 50.7 Å². The minimum absolute atomic E-state index is 0.0247. The topological polar surface area (TPSA) is 117 Å². The van der Waals surface area contributed by atoms with Crippen LogP contribution >= 0.6 is 0 Å². The van der Waals surface area contributed by atoms with Crippen LogP contribution in [0, 0.1) is 0 Å². The van der Waals surface area contributed by atoms with E-state index >= 15 is 0 Å². The molecule has 2 aromatic rings. The first-order valence-corrected chi connectivity index (χ1v) is 9.43. The highest BCUT2D eigenvalue weighted by atomic mass is 16.5. The van der Waals surface area contributed by atoms with Crippen LogP contribution < -0.4 is 19.5 Å². The molecule has 0 aliphatic carbocycles. The first kappa shape index (κ1) is 22.5. The number of esters is 1. The number of furan rings is 1. The van der Waals surface area contributed by atoms with Crippen LogP contribution in [0.25, 0.3) is 6.08 Å². The Kier molecular flexibility index (Phi) is 6.83. The summed E-state index contributed by atoms with van der Waals surface area (Å²) in [5, 5.41) is 2.53. The fourth-order valence-electron chi connectivity index (χ4n) is 2.98. The number of rotatable bonds is 9. The highest BCUT2D eigenvalue weighted by molar-refractivity contribution is 6.13. The quantitative estimate of drug-likeness (QED) is 0.273. The molecule has 1 saturated heterocycles. The van der Waals surface area contributed by atoms with E-state index in [4.69, 9.17) is 18.6 Å². The van der Waals surface area contributed by atoms with E-state index in [0.29, 0.717) is 22.8 Å². The van der Waals surface area contributed by atoms with Gasteiger partial charge >= 0.3 is 12.0 Å². The summed E-state index contributed by atoms with van der Waals surface area (Å²) in [4.78, 5) is 37.6. The number of amides is 3. The number of imide groups is 1. The summed E-state index contributed by atoms with van der Waals surface area (Å²) in [5.41, 5.74) is 0.597. The number of carbonyl (C=O) groups is 3. The number of urea groups is 1. The van der Waals surface area contributed by atoms with Gasteiger partial charge in [-0.1, -0.05) is 12.7 Å². The smallest absolute Gasteiger partial charge is 0.373 e. The lowest BCUT2D eigenvalue weighted by atomic mass is 10.1. The molecule has 32 heavy (non-hydrogen) atoms. The summed E-state index contributed by atoms with van der Waals surface area (Å²) < 4.78 is 26.2. The molecule has 1 aromatic heterocycles. The molecule has 0 bridgehead atoms. The number of nitrogens with one attached hydrogen (secondary N) is 1. The van der Waals surface area contributed by atoms with Gasteiger partial charge in [-0.2, -0.15) is 0 Å². The molecule has 0 spiro atoms. The van der Waals surface area contributed by atoms with Gasteiger partial charge in [0.15, 0.2) is 11.5 Å². The molecule has 3 amide bonds. The first-order valence-electron chi connectivity index (χ1n) is 9.43. The van der Waals surface area contributed by atoms with Crippen LogP contribution in [-0.2, 0) is 16.1 Å². The molecular weight excluding hydrogens is 420 g/mol. The van der Waals surface area contributed by atoms with E-state index in [9.17, 15) is 14.4 Å². The number of ether oxygens (including phenoxy) is 4. The van der Waals surface area contributed by atoms with Gasteiger partial charge in [0.1, 0.15) is 18.1 Å². The monoisotopic (exact) mass is 442 g/mol. The third-order valence-electron chi connectivity index (χ3n) is 4.46. The van der Waals surface area contributed by atoms with Gasteiger partial charge in [0.25, 0.3) is 5.91 Å². The van der Waals surface area contributed by atoms with Crippen molar-refractivity contribution in [1.82, 2.24) is 10.2 Å². The molecule has 0 saturated carbocycles. The van der Waals surface area contributed by atoms with Crippen molar-refractivity contribution in [3.05, 3.63) is 59.7 Å². The summed E-state index contributed by atoms with van der Waals surface area (Å²) >= 11 is 0. The maximum atomic E-state index is 12.8. The zero-order chi connectivity index (χ0) is 23.3. The zero-order valence-corrected chi connectivity index (χ0v) is 17.8. The number of benzene rings is 1. The molecule has 0 radical (unpaired) electrons. The van der Waals surface area contributed by atoms with Gasteiger partial charge in [-0.3, -0.25) is 9.69 Å². The fraction of sp³-hybridized carbons (Fsp3) is 0.227. The van der Waals surface area contributed by atoms with E-state index < -0.39 is 17.9 Å². The van der Waals surface area contributed by atoms with Crippen molar-refractivity contribution in [3.8, 4) is 17.2 Å². The predicted molar refractivity (Wildman–Crippen MR) is 112 cm³/mol. The Morgan fingerprint density at radius 3 is 2.44 bits per heavy atom. The molecule has 0 unspecified atom stereocenters. The molecule has 10 heteroatoms. The Bertz CT molecular complexity index is 1060. The van der Waals surface area contributed by atoms with Gasteiger partial charge in [-0.05, 0) is 35.9 Å². The van der Waals surface area contributed by atoms with Gasteiger partial charge in [0.2, 0.25) is 11.5 Å². The first-order chi connectivity index (χ1) is 15.4. The highest BCUT2D eigenvalue weighted by Gasteiger charge is 2.34. The Labute approximate surface area is 184 Å². The van der Waals surface area contributed by atoms with E-state index in [0.717, 1.165) is 4.90 Å². The van der Waals surface area contributed by atoms with Crippen molar-refractivity contribution in [3.63, 3.8) is 0 Å². The molecule has 168 valence electrons. The summed E-state index contributed by atoms with van der Waals surface area (Å²) in [5.74, 6) is 0.175. The van der Waals surface area contributed by atoms with Crippen molar-refractivity contribution in [2.45, 2.75) is 6.54 Å². The van der Waals surface area contributed by atoms with E-state index in [2.05, 4.69) is 16.6 Å². The van der Waals surface area contributed by atoms with Crippen LogP contribution in [0.4, 0.5) is 4.79 Å². The summed E-state index contributed by atoms with van der Waals surface area (Å²) in [6.45, 7) is 3.71. The largest absolute Gasteiger partial charge is 0.493 e. The molecule has 2 heterocycles. The second-order valence-electron chi connectivity index (χ2n) is 6.49. The van der Waals surface area contributed by atoms with Crippen LogP contribution in [0.2, 0.25) is 0 Å². The third kappa shape index (κ3) is 4.59. The Morgan fingerprint density at radius 2 is 1.84 bits per heavy atom. The molecule has 1 fully saturated rings. The average Bonchev–Trinajstić information content (AvgIpc) is 3.37. The highest BCUT2D eigenvalue weighted by Crippen LogP contribution is 2.39. The minimum Gasteiger partial charge on any atom is -0.493 e. The van der Waals surface area contributed by atoms with Crippen molar-refractivity contribution < 1.29 is 37.7 Å². The van der Waals surface area contributed by atoms with E-state index in [1.165, 1.54) is 39.5 Å². The Balaban J connectivity index is 1.84. The number of nitrogens with zero attached hydrogens (tertiary/aromatic N) is 1. The molecule has 1 N–H and O–H groups in total. The normalized spacial score (nSPS) is 14.3. The average molecular weight is 442 g/mol. The van der Waals surface area contributed by atoms with Gasteiger partial charge in [0, 0.05) is 0 Å². The minimum atomic E-state index is -0.655. The SMILES string of the molecule is C=CCOc1c(OC)cc(/C=C2\NC(=O)N(Cc3ccc(C(=O)OC)o3)C2=O)cc1OC. The lowest BCUT2D eigenvalue weighted by Crippen LogP contribution is -2.30. The number of hydrogen-bond acceptors (Lipinski definition) is 8. The summed E-state index contributed by atoms with van der Waals surface area (Å²) in [6.07, 6.45) is 3.08. The Hall–Kier alpha value is -4.21. The second-order valence-corrected chi connectivity index (χ2v) is 6.49. The van der Waals surface area contributed by atoms with Gasteiger partial charge in [0.05, 0.1) is 27.9 Å². The van der Waals surface area contributed by atoms with Crippen molar-refractivity contribution in [2.24, 2.45) is 0 Å². The molecule has 10 nitrogen and oxygen atoms in total. The molecule has 1 aliphatic rings. The standard InChI is InChI=1S/C22H22N2O8/c1-5-8-31-19-17(28-2)10-13(11-18(19)29-3)9-15-20(25)24(22(27)23-15)12-14-6-7-16(32-14)21(26)30-4/h5-7,9-11H,1,8,12H2,2-4H3,(H,23,27)/b15-9-. The second kappa shape index (κ2) is 9.73. The summed E-state index contributed by atoms with van der Waals surface area (Å²) in [6, 6.07) is 5.57. The maximum Gasteiger partial charge on any atom is 0.373 e. The fourth-order valence-corrected chi connectivity index (χ4v) is 2.98. The predicted octanol–water partition coefficient (Wildman–Crippen LogP) is 2.74. The Morgan fingerprint density at radius 1 is 1.16 bits per heavy atom. The van der Waals surface area contributed by atoms with E-state index in [1.807, 2.05) is 0 Å². The van der Waals surface area contributed by atoms with E-state index in [-0.39, 0.29) is 30.4 Å². The molecular formula is C22H22N2O8. The number of methoxy groups -OCH3 is 3. The summed E-state index contributed by atoms with van der Waals surface area (Å²) in [7, 11) is 4.17. The molecule has 1 aliphatic heterocycles. The molecule has 1 aromatic carbocycles. The maximum absolute atomic E-state index is 12.8. The van der Waals surface area contributed by atoms with Crippen LogP contribution in [0.5, 0.6) is 17.2 Å². The lowest BCUT2D eigenvalue weighted by molar-refractivity contribution is -0.123. The van der Waals surface area contributed by atoms with Crippen molar-refractivity contribution in [2.75, 3.05) is 27.9 Å². The van der Waals surface area contributed by atoms with E-state index in [1.54, 1.807) is 18.2 Å². The third-order valence-corrected chi connectivity index (χ3v) is 4.46. The van der Waals surface area contributed by atoms with Gasteiger partial charge < -0.3 is 28.7 Å². The van der Waals surface area contributed by atoms with Gasteiger partial charge in [-0.15, -0.1) is 0 Å². The molecule has 0 atom stereocenters. The van der Waals surface area contributed by atoms with Crippen LogP contribution in [0.3, 0.4) is 0 Å². The number of carbonyl (C=O) groups excluding carboxylic acids is 3. The van der Waals surface area contributed by atoms with Crippen molar-refractivity contribution >= 4 is 24.0 Å². The van der Waals surface area contributed by atoms with Crippen LogP contribution in [0.15, 0.2) is 47.0 Å². The number of hydrogen-bond donors (Lipinski definition) is 1. The van der Waals surface area contributed by atoms with Gasteiger partial charge in [-0.25, -0.2) is 9.59 Å². The van der Waals surface area contributed by atoms with Crippen molar-refractivity contribution in [1.29, 1.82) is 0 Å². The zero-order valence-electron chi connectivity index (χ0n) is 17.8. The van der Waals surface area contributed by atoms with Crippen LogP contribution in [0.1, 0.15) is 21.9 Å². The molecule has 3 rings (SSSR count). The lowest BCUT2D eigenvalue weighted by Gasteiger charge is -2.14.